The largest absolute Gasteiger partial charge is 0.304 e. The van der Waals surface area contributed by atoms with Crippen molar-refractivity contribution in [3.05, 3.63) is 46.7 Å². The molecule has 0 bridgehead atoms. The van der Waals surface area contributed by atoms with Crippen molar-refractivity contribution < 1.29 is 4.39 Å². The lowest BCUT2D eigenvalue weighted by atomic mass is 10.3. The lowest BCUT2D eigenvalue weighted by Gasteiger charge is -2.06. The molecule has 0 aliphatic heterocycles. The minimum Gasteiger partial charge on any atom is -0.304 e. The maximum atomic E-state index is 13.3. The van der Waals surface area contributed by atoms with Gasteiger partial charge in [-0.1, -0.05) is 6.92 Å². The van der Waals surface area contributed by atoms with Crippen LogP contribution in [0.2, 0.25) is 0 Å². The molecule has 2 rings (SSSR count). The first-order valence-electron chi connectivity index (χ1n) is 4.70. The van der Waals surface area contributed by atoms with Crippen molar-refractivity contribution >= 4 is 15.9 Å². The average molecular weight is 269 g/mol. The molecule has 0 aliphatic rings. The average Bonchev–Trinajstić information content (AvgIpc) is 2.70. The minimum absolute atomic E-state index is 0.261. The number of hydrogen-bond donors (Lipinski definition) is 0. The Hall–Kier alpha value is -1.16. The number of aryl methyl sites for hydroxylation is 1. The van der Waals surface area contributed by atoms with E-state index in [0.717, 1.165) is 17.9 Å². The van der Waals surface area contributed by atoms with Gasteiger partial charge in [0.05, 0.1) is 4.47 Å². The molecule has 0 radical (unpaired) electrons. The summed E-state index contributed by atoms with van der Waals surface area (Å²) in [5, 5.41) is 0. The fourth-order valence-corrected chi connectivity index (χ4v) is 1.71. The summed E-state index contributed by atoms with van der Waals surface area (Å²) < 4.78 is 15.7. The molecular formula is C11H10BrFN2. The summed E-state index contributed by atoms with van der Waals surface area (Å²) in [6.07, 6.45) is 4.38. The van der Waals surface area contributed by atoms with Gasteiger partial charge >= 0.3 is 0 Å². The zero-order valence-electron chi connectivity index (χ0n) is 8.24. The highest BCUT2D eigenvalue weighted by molar-refractivity contribution is 9.10. The normalized spacial score (nSPS) is 10.6. The van der Waals surface area contributed by atoms with Crippen LogP contribution in [0.3, 0.4) is 0 Å². The van der Waals surface area contributed by atoms with Gasteiger partial charge < -0.3 is 4.57 Å². The van der Waals surface area contributed by atoms with E-state index in [4.69, 9.17) is 0 Å². The van der Waals surface area contributed by atoms with Crippen molar-refractivity contribution in [3.63, 3.8) is 0 Å². The second-order valence-electron chi connectivity index (χ2n) is 3.17. The quantitative estimate of drug-likeness (QED) is 0.817. The second kappa shape index (κ2) is 4.14. The second-order valence-corrected chi connectivity index (χ2v) is 4.02. The Kier molecular flexibility index (Phi) is 2.86. The molecule has 0 unspecified atom stereocenters. The van der Waals surface area contributed by atoms with Gasteiger partial charge in [0.2, 0.25) is 0 Å². The van der Waals surface area contributed by atoms with Crippen LogP contribution in [-0.2, 0) is 6.42 Å². The van der Waals surface area contributed by atoms with Gasteiger partial charge in [-0.25, -0.2) is 9.37 Å². The maximum Gasteiger partial charge on any atom is 0.139 e. The topological polar surface area (TPSA) is 17.8 Å². The Labute approximate surface area is 95.9 Å². The number of rotatable bonds is 2. The number of imidazole rings is 1. The van der Waals surface area contributed by atoms with Crippen LogP contribution in [0, 0.1) is 5.82 Å². The number of aromatic nitrogens is 2. The van der Waals surface area contributed by atoms with E-state index in [2.05, 4.69) is 20.9 Å². The predicted molar refractivity (Wildman–Crippen MR) is 60.6 cm³/mol. The third kappa shape index (κ3) is 1.95. The third-order valence-corrected chi connectivity index (χ3v) is 2.86. The molecule has 0 fully saturated rings. The summed E-state index contributed by atoms with van der Waals surface area (Å²) in [6, 6.07) is 5.04. The standard InChI is InChI=1S/C11H10BrFN2/c1-2-11-14-5-6-15(11)8-3-4-9(12)10(13)7-8/h3-7H,2H2,1H3. The van der Waals surface area contributed by atoms with Crippen LogP contribution in [-0.4, -0.2) is 9.55 Å². The van der Waals surface area contributed by atoms with Gasteiger partial charge in [0.15, 0.2) is 0 Å². The van der Waals surface area contributed by atoms with Crippen LogP contribution < -0.4 is 0 Å². The first-order chi connectivity index (χ1) is 7.22. The smallest absolute Gasteiger partial charge is 0.139 e. The Balaban J connectivity index is 2.50. The zero-order chi connectivity index (χ0) is 10.8. The van der Waals surface area contributed by atoms with Gasteiger partial charge in [-0.15, -0.1) is 0 Å². The van der Waals surface area contributed by atoms with Gasteiger partial charge in [0.25, 0.3) is 0 Å². The minimum atomic E-state index is -0.261. The molecule has 1 aromatic heterocycles. The van der Waals surface area contributed by atoms with Gasteiger partial charge in [-0.05, 0) is 34.1 Å². The van der Waals surface area contributed by atoms with Gasteiger partial charge in [-0.2, -0.15) is 0 Å². The molecule has 15 heavy (non-hydrogen) atoms. The number of hydrogen-bond acceptors (Lipinski definition) is 1. The Morgan fingerprint density at radius 2 is 2.27 bits per heavy atom. The van der Waals surface area contributed by atoms with Gasteiger partial charge in [-0.3, -0.25) is 0 Å². The number of nitrogens with zero attached hydrogens (tertiary/aromatic N) is 2. The van der Waals surface area contributed by atoms with E-state index in [1.807, 2.05) is 23.8 Å². The Morgan fingerprint density at radius 3 is 2.93 bits per heavy atom. The van der Waals surface area contributed by atoms with E-state index in [1.165, 1.54) is 6.07 Å². The first-order valence-corrected chi connectivity index (χ1v) is 5.49. The number of benzene rings is 1. The zero-order valence-corrected chi connectivity index (χ0v) is 9.83. The molecule has 4 heteroatoms. The van der Waals surface area contributed by atoms with Crippen molar-refractivity contribution in [3.8, 4) is 5.69 Å². The monoisotopic (exact) mass is 268 g/mol. The van der Waals surface area contributed by atoms with Crippen LogP contribution in [0.4, 0.5) is 4.39 Å². The molecule has 0 saturated heterocycles. The van der Waals surface area contributed by atoms with E-state index >= 15 is 0 Å². The first kappa shape index (κ1) is 10.4. The molecule has 0 atom stereocenters. The molecule has 78 valence electrons. The van der Waals surface area contributed by atoms with E-state index in [0.29, 0.717) is 4.47 Å². The summed E-state index contributed by atoms with van der Waals surface area (Å²) in [6.45, 7) is 2.02. The lowest BCUT2D eigenvalue weighted by molar-refractivity contribution is 0.619. The summed E-state index contributed by atoms with van der Waals surface area (Å²) >= 11 is 3.13. The maximum absolute atomic E-state index is 13.3. The highest BCUT2D eigenvalue weighted by Gasteiger charge is 2.05. The summed E-state index contributed by atoms with van der Waals surface area (Å²) in [5.74, 6) is 0.667. The molecule has 0 aliphatic carbocycles. The molecular weight excluding hydrogens is 259 g/mol. The summed E-state index contributed by atoms with van der Waals surface area (Å²) in [7, 11) is 0. The van der Waals surface area contributed by atoms with E-state index in [-0.39, 0.29) is 5.82 Å². The van der Waals surface area contributed by atoms with Crippen LogP contribution >= 0.6 is 15.9 Å². The highest BCUT2D eigenvalue weighted by Crippen LogP contribution is 2.19. The van der Waals surface area contributed by atoms with Gasteiger partial charge in [0.1, 0.15) is 11.6 Å². The fraction of sp³-hybridized carbons (Fsp3) is 0.182. The van der Waals surface area contributed by atoms with Crippen molar-refractivity contribution in [1.29, 1.82) is 0 Å². The molecule has 0 saturated carbocycles. The molecule has 2 aromatic rings. The summed E-state index contributed by atoms with van der Waals surface area (Å²) in [5.41, 5.74) is 0.796. The molecule has 0 amide bonds. The van der Waals surface area contributed by atoms with Crippen LogP contribution in [0.15, 0.2) is 35.1 Å². The van der Waals surface area contributed by atoms with E-state index in [1.54, 1.807) is 12.3 Å². The number of halogens is 2. The Bertz CT molecular complexity index is 479. The molecule has 1 aromatic carbocycles. The van der Waals surface area contributed by atoms with Crippen molar-refractivity contribution in [1.82, 2.24) is 9.55 Å². The third-order valence-electron chi connectivity index (χ3n) is 2.21. The van der Waals surface area contributed by atoms with E-state index < -0.39 is 0 Å². The summed E-state index contributed by atoms with van der Waals surface area (Å²) in [4.78, 5) is 4.19. The fourth-order valence-electron chi connectivity index (χ4n) is 1.47. The van der Waals surface area contributed by atoms with Crippen LogP contribution in [0.5, 0.6) is 0 Å². The SMILES string of the molecule is CCc1nccn1-c1ccc(Br)c(F)c1. The van der Waals surface area contributed by atoms with Crippen LogP contribution in [0.25, 0.3) is 5.69 Å². The van der Waals surface area contributed by atoms with Crippen LogP contribution in [0.1, 0.15) is 12.7 Å². The molecule has 0 spiro atoms. The predicted octanol–water partition coefficient (Wildman–Crippen LogP) is 3.34. The van der Waals surface area contributed by atoms with Crippen molar-refractivity contribution in [2.45, 2.75) is 13.3 Å². The van der Waals surface area contributed by atoms with Crippen molar-refractivity contribution in [2.75, 3.05) is 0 Å². The van der Waals surface area contributed by atoms with E-state index in [9.17, 15) is 4.39 Å². The lowest BCUT2D eigenvalue weighted by Crippen LogP contribution is -1.99. The molecule has 1 heterocycles. The van der Waals surface area contributed by atoms with Gasteiger partial charge in [0, 0.05) is 24.5 Å². The molecule has 2 nitrogen and oxygen atoms in total. The highest BCUT2D eigenvalue weighted by atomic mass is 79.9. The molecule has 0 N–H and O–H groups in total. The van der Waals surface area contributed by atoms with Crippen molar-refractivity contribution in [2.24, 2.45) is 0 Å². The Morgan fingerprint density at radius 1 is 1.47 bits per heavy atom.